The summed E-state index contributed by atoms with van der Waals surface area (Å²) in [5, 5.41) is 3.67. The molecule has 1 aromatic heterocycles. The number of aryl methyl sites for hydroxylation is 1. The second-order valence-electron chi connectivity index (χ2n) is 13.2. The molecule has 1 saturated carbocycles. The quantitative estimate of drug-likeness (QED) is 0.226. The van der Waals surface area contributed by atoms with E-state index in [1.165, 1.54) is 7.11 Å². The maximum atomic E-state index is 16.3. The fraction of sp³-hybridized carbons (Fsp3) is 0.400. The van der Waals surface area contributed by atoms with Gasteiger partial charge in [-0.3, -0.25) is 9.69 Å². The molecular formula is C35H33Cl2FN4O3. The van der Waals surface area contributed by atoms with Gasteiger partial charge in [0, 0.05) is 47.2 Å². The van der Waals surface area contributed by atoms with Crippen LogP contribution in [-0.2, 0) is 21.6 Å². The minimum Gasteiger partial charge on any atom is -0.465 e. The highest BCUT2D eigenvalue weighted by molar-refractivity contribution is 6.31. The molecular weight excluding hydrogens is 614 g/mol. The number of esters is 1. The number of carbonyl (C=O) groups is 2. The molecule has 7 nitrogen and oxygen atoms in total. The first-order valence-corrected chi connectivity index (χ1v) is 16.3. The largest absolute Gasteiger partial charge is 0.465 e. The number of methoxy groups -OCH3 is 1. The first-order valence-electron chi connectivity index (χ1n) is 15.6. The van der Waals surface area contributed by atoms with Gasteiger partial charge in [-0.25, -0.2) is 14.2 Å². The zero-order chi connectivity index (χ0) is 31.4. The van der Waals surface area contributed by atoms with Crippen molar-refractivity contribution in [3.63, 3.8) is 0 Å². The zero-order valence-electron chi connectivity index (χ0n) is 25.2. The van der Waals surface area contributed by atoms with Gasteiger partial charge in [0.1, 0.15) is 17.2 Å². The molecule has 1 amide bonds. The number of benzene rings is 3. The van der Waals surface area contributed by atoms with Gasteiger partial charge in [-0.1, -0.05) is 55.2 Å². The standard InChI is InChI=1S/C35H33Cl2FN4O3/c1-17(2)21-15-28-26(14-22(21)33(43)45-3)39-32-29-27(11-12-41(28)32)42(16-18-7-8-18)35(30(29)20-5-4-6-24(37)31(20)38)23-10-9-19(36)13-25(23)40-34(35)44/h4-6,9-10,13-15,17-18,27,29-30H,7-8,11-12,16H2,1-3H3,(H,40,44)/t27-,29+,30-,35+/m0/s1. The van der Waals surface area contributed by atoms with Crippen molar-refractivity contribution in [1.82, 2.24) is 14.5 Å². The van der Waals surface area contributed by atoms with Crippen LogP contribution < -0.4 is 5.32 Å². The Hall–Kier alpha value is -3.46. The van der Waals surface area contributed by atoms with Crippen LogP contribution in [0.5, 0.6) is 0 Å². The zero-order valence-corrected chi connectivity index (χ0v) is 26.8. The Bertz CT molecular complexity index is 1920. The molecule has 4 atom stereocenters. The molecule has 3 aromatic carbocycles. The molecule has 2 fully saturated rings. The van der Waals surface area contributed by atoms with Gasteiger partial charge in [0.15, 0.2) is 0 Å². The third-order valence-corrected chi connectivity index (χ3v) is 11.0. The molecule has 1 aliphatic carbocycles. The number of nitrogens with zero attached hydrogens (tertiary/aromatic N) is 3. The molecule has 10 heteroatoms. The molecule has 45 heavy (non-hydrogen) atoms. The molecule has 1 spiro atoms. The number of anilines is 1. The summed E-state index contributed by atoms with van der Waals surface area (Å²) in [6.07, 6.45) is 2.95. The molecule has 3 aliphatic heterocycles. The summed E-state index contributed by atoms with van der Waals surface area (Å²) in [5.74, 6) is -0.754. The first-order chi connectivity index (χ1) is 21.6. The van der Waals surface area contributed by atoms with E-state index in [1.807, 2.05) is 38.1 Å². The smallest absolute Gasteiger partial charge is 0.338 e. The van der Waals surface area contributed by atoms with E-state index in [4.69, 9.17) is 32.9 Å². The molecule has 8 rings (SSSR count). The Morgan fingerprint density at radius 3 is 2.69 bits per heavy atom. The molecule has 0 unspecified atom stereocenters. The van der Waals surface area contributed by atoms with Gasteiger partial charge in [0.05, 0.1) is 28.7 Å². The Balaban J connectivity index is 1.42. The van der Waals surface area contributed by atoms with Gasteiger partial charge in [0.25, 0.3) is 0 Å². The van der Waals surface area contributed by atoms with Gasteiger partial charge in [-0.15, -0.1) is 0 Å². The average Bonchev–Trinajstić information content (AvgIpc) is 3.61. The van der Waals surface area contributed by atoms with E-state index < -0.39 is 23.2 Å². The summed E-state index contributed by atoms with van der Waals surface area (Å²) in [6.45, 7) is 5.50. The molecule has 0 radical (unpaired) electrons. The lowest BCUT2D eigenvalue weighted by atomic mass is 9.70. The second kappa shape index (κ2) is 10.3. The van der Waals surface area contributed by atoms with Gasteiger partial charge in [0.2, 0.25) is 5.91 Å². The highest BCUT2D eigenvalue weighted by Gasteiger charge is 2.69. The number of likely N-dealkylation sites (tertiary alicyclic amines) is 1. The minimum absolute atomic E-state index is 0.0168. The SMILES string of the molecule is COC(=O)c1cc2nc3n(c2cc1C(C)C)CC[C@H]1[C@@H]3[C@H](c2cccc(Cl)c2F)[C@]2(C(=O)Nc3cc(Cl)ccc32)N1CC1CC1. The van der Waals surface area contributed by atoms with Gasteiger partial charge in [-0.05, 0) is 72.6 Å². The number of imidazole rings is 1. The lowest BCUT2D eigenvalue weighted by Crippen LogP contribution is -2.53. The van der Waals surface area contributed by atoms with Crippen LogP contribution in [0.3, 0.4) is 0 Å². The van der Waals surface area contributed by atoms with Crippen molar-refractivity contribution in [2.75, 3.05) is 19.0 Å². The van der Waals surface area contributed by atoms with Crippen molar-refractivity contribution < 1.29 is 18.7 Å². The van der Waals surface area contributed by atoms with E-state index in [1.54, 1.807) is 24.3 Å². The summed E-state index contributed by atoms with van der Waals surface area (Å²) < 4.78 is 23.7. The molecule has 4 aliphatic rings. The van der Waals surface area contributed by atoms with Crippen molar-refractivity contribution in [2.24, 2.45) is 5.92 Å². The van der Waals surface area contributed by atoms with Crippen molar-refractivity contribution in [2.45, 2.75) is 69.0 Å². The monoisotopic (exact) mass is 646 g/mol. The fourth-order valence-electron chi connectivity index (χ4n) is 8.42. The Kier molecular flexibility index (Phi) is 6.62. The molecule has 0 bridgehead atoms. The average molecular weight is 648 g/mol. The minimum atomic E-state index is -1.20. The third kappa shape index (κ3) is 4.08. The number of aromatic nitrogens is 2. The Morgan fingerprint density at radius 1 is 1.16 bits per heavy atom. The summed E-state index contributed by atoms with van der Waals surface area (Å²) in [6, 6.07) is 14.3. The predicted octanol–water partition coefficient (Wildman–Crippen LogP) is 7.61. The van der Waals surface area contributed by atoms with Crippen LogP contribution in [0.25, 0.3) is 11.0 Å². The molecule has 4 heterocycles. The first kappa shape index (κ1) is 29.0. The van der Waals surface area contributed by atoms with Crippen molar-refractivity contribution in [3.8, 4) is 0 Å². The normalized spacial score (nSPS) is 25.5. The molecule has 1 N–H and O–H groups in total. The lowest BCUT2D eigenvalue weighted by molar-refractivity contribution is -0.128. The van der Waals surface area contributed by atoms with E-state index in [2.05, 4.69) is 14.8 Å². The highest BCUT2D eigenvalue weighted by atomic mass is 35.5. The summed E-state index contributed by atoms with van der Waals surface area (Å²) in [4.78, 5) is 35.0. The number of nitrogens with one attached hydrogen (secondary N) is 1. The van der Waals surface area contributed by atoms with Crippen LogP contribution in [0.4, 0.5) is 10.1 Å². The van der Waals surface area contributed by atoms with Crippen LogP contribution in [0.2, 0.25) is 10.0 Å². The van der Waals surface area contributed by atoms with Crippen LogP contribution in [0.15, 0.2) is 48.5 Å². The van der Waals surface area contributed by atoms with Crippen molar-refractivity contribution in [3.05, 3.63) is 92.5 Å². The van der Waals surface area contributed by atoms with E-state index in [0.717, 1.165) is 48.3 Å². The topological polar surface area (TPSA) is 76.5 Å². The molecule has 232 valence electrons. The number of hydrogen-bond acceptors (Lipinski definition) is 5. The number of rotatable bonds is 5. The van der Waals surface area contributed by atoms with E-state index >= 15 is 4.39 Å². The number of fused-ring (bicyclic) bond motifs is 7. The maximum Gasteiger partial charge on any atom is 0.338 e. The van der Waals surface area contributed by atoms with Crippen LogP contribution in [0, 0.1) is 11.7 Å². The third-order valence-electron chi connectivity index (χ3n) is 10.5. The number of hydrogen-bond donors (Lipinski definition) is 1. The van der Waals surface area contributed by atoms with Crippen LogP contribution in [0.1, 0.15) is 83.7 Å². The molecule has 4 aromatic rings. The molecule has 1 saturated heterocycles. The second-order valence-corrected chi connectivity index (χ2v) is 14.0. The van der Waals surface area contributed by atoms with E-state index in [0.29, 0.717) is 39.8 Å². The van der Waals surface area contributed by atoms with E-state index in [9.17, 15) is 9.59 Å². The van der Waals surface area contributed by atoms with Crippen LogP contribution >= 0.6 is 23.2 Å². The summed E-state index contributed by atoms with van der Waals surface area (Å²) in [7, 11) is 1.38. The number of amides is 1. The number of ether oxygens (including phenoxy) is 1. The fourth-order valence-corrected chi connectivity index (χ4v) is 8.77. The van der Waals surface area contributed by atoms with Crippen molar-refractivity contribution >= 4 is 51.8 Å². The maximum absolute atomic E-state index is 16.3. The lowest BCUT2D eigenvalue weighted by Gasteiger charge is -2.40. The van der Waals surface area contributed by atoms with Gasteiger partial charge in [-0.2, -0.15) is 0 Å². The van der Waals surface area contributed by atoms with Crippen molar-refractivity contribution in [1.29, 1.82) is 0 Å². The Labute approximate surface area is 270 Å². The van der Waals surface area contributed by atoms with Crippen LogP contribution in [-0.4, -0.2) is 46.0 Å². The predicted molar refractivity (Wildman–Crippen MR) is 172 cm³/mol. The van der Waals surface area contributed by atoms with E-state index in [-0.39, 0.29) is 28.8 Å². The number of carbonyl (C=O) groups excluding carboxylic acids is 2. The van der Waals surface area contributed by atoms with Gasteiger partial charge < -0.3 is 14.6 Å². The summed E-state index contributed by atoms with van der Waals surface area (Å²) >= 11 is 12.9. The number of halogens is 3. The van der Waals surface area contributed by atoms with Gasteiger partial charge >= 0.3 is 5.97 Å². The highest BCUT2D eigenvalue weighted by Crippen LogP contribution is 2.64. The Morgan fingerprint density at radius 2 is 1.96 bits per heavy atom. The summed E-state index contributed by atoms with van der Waals surface area (Å²) in [5.41, 5.74) is 3.62.